The summed E-state index contributed by atoms with van der Waals surface area (Å²) in [5.74, 6) is 1.18. The molecule has 0 aliphatic heterocycles. The van der Waals surface area contributed by atoms with Gasteiger partial charge in [0.05, 0.1) is 11.9 Å². The molecule has 9 heteroatoms. The zero-order valence-electron chi connectivity index (χ0n) is 22.5. The highest BCUT2D eigenvalue weighted by molar-refractivity contribution is 5.99. The van der Waals surface area contributed by atoms with Gasteiger partial charge in [0.1, 0.15) is 11.3 Å². The number of para-hydroxylation sites is 1. The molecule has 0 spiro atoms. The van der Waals surface area contributed by atoms with E-state index in [-0.39, 0.29) is 16.8 Å². The lowest BCUT2D eigenvalue weighted by atomic mass is 10.0. The van der Waals surface area contributed by atoms with Crippen molar-refractivity contribution < 1.29 is 9.53 Å². The Bertz CT molecular complexity index is 1510. The number of nitrogens with zero attached hydrogens (tertiary/aromatic N) is 3. The maximum atomic E-state index is 12.5. The number of aromatic nitrogens is 3. The summed E-state index contributed by atoms with van der Waals surface area (Å²) in [5, 5.41) is 3.61. The fourth-order valence-corrected chi connectivity index (χ4v) is 3.94. The first kappa shape index (κ1) is 27.6. The van der Waals surface area contributed by atoms with Crippen LogP contribution in [0.5, 0.6) is 11.5 Å². The van der Waals surface area contributed by atoms with Crippen LogP contribution in [-0.4, -0.2) is 59.5 Å². The molecule has 0 saturated carbocycles. The van der Waals surface area contributed by atoms with Crippen LogP contribution in [-0.2, 0) is 14.1 Å². The second kappa shape index (κ2) is 11.9. The fraction of sp³-hybridized carbons (Fsp3) is 0.321. The highest BCUT2D eigenvalue weighted by atomic mass is 16.5. The van der Waals surface area contributed by atoms with Gasteiger partial charge < -0.3 is 29.1 Å². The summed E-state index contributed by atoms with van der Waals surface area (Å²) in [4.78, 5) is 41.3. The molecule has 0 fully saturated rings. The van der Waals surface area contributed by atoms with Gasteiger partial charge in [-0.05, 0) is 52.2 Å². The van der Waals surface area contributed by atoms with Gasteiger partial charge >= 0.3 is 0 Å². The first-order valence-electron chi connectivity index (χ1n) is 12.0. The largest absolute Gasteiger partial charge is 0.455 e. The number of carbonyl (C=O) groups excluding carboxylic acids is 1. The standard InChI is InChI=1S/C23H21N3O4.C5H14N2/c1-13-6-5-7-14(2)22(13)30-19-11-25(3)20(28)9-16(19)18-10-26(4)23(29)21-17(18)8-15(12-27)24-21;1-6-4-5-7(2)3/h5-12,24H,1-4H3;6H,4-5H2,1-3H3. The van der Waals surface area contributed by atoms with Crippen molar-refractivity contribution in [1.82, 2.24) is 24.3 Å². The molecule has 0 atom stereocenters. The van der Waals surface area contributed by atoms with Gasteiger partial charge in [0.2, 0.25) is 0 Å². The molecule has 0 radical (unpaired) electrons. The van der Waals surface area contributed by atoms with Crippen molar-refractivity contribution in [3.63, 3.8) is 0 Å². The number of likely N-dealkylation sites (N-methyl/N-ethyl adjacent to an activating group) is 2. The summed E-state index contributed by atoms with van der Waals surface area (Å²) in [7, 11) is 9.37. The summed E-state index contributed by atoms with van der Waals surface area (Å²) in [6.45, 7) is 6.11. The average molecular weight is 506 g/mol. The van der Waals surface area contributed by atoms with E-state index in [1.165, 1.54) is 15.2 Å². The van der Waals surface area contributed by atoms with E-state index >= 15 is 0 Å². The van der Waals surface area contributed by atoms with E-state index in [9.17, 15) is 14.4 Å². The molecule has 3 aromatic heterocycles. The van der Waals surface area contributed by atoms with Crippen LogP contribution in [0.25, 0.3) is 22.0 Å². The molecule has 0 bridgehead atoms. The monoisotopic (exact) mass is 505 g/mol. The summed E-state index contributed by atoms with van der Waals surface area (Å²) >= 11 is 0. The number of pyridine rings is 2. The van der Waals surface area contributed by atoms with Gasteiger partial charge in [-0.25, -0.2) is 0 Å². The van der Waals surface area contributed by atoms with Crippen LogP contribution in [0.15, 0.2) is 52.3 Å². The lowest BCUT2D eigenvalue weighted by molar-refractivity contribution is 0.111. The first-order valence-corrected chi connectivity index (χ1v) is 12.0. The Morgan fingerprint density at radius 3 is 2.27 bits per heavy atom. The second-order valence-corrected chi connectivity index (χ2v) is 9.32. The van der Waals surface area contributed by atoms with E-state index in [0.717, 1.165) is 24.2 Å². The number of H-pyrrole nitrogens is 1. The average Bonchev–Trinajstić information content (AvgIpc) is 3.30. The number of hydrogen-bond donors (Lipinski definition) is 2. The minimum atomic E-state index is -0.261. The van der Waals surface area contributed by atoms with Crippen LogP contribution in [0.1, 0.15) is 21.6 Å². The first-order chi connectivity index (χ1) is 17.6. The van der Waals surface area contributed by atoms with Crippen molar-refractivity contribution in [2.75, 3.05) is 34.2 Å². The molecule has 0 aliphatic rings. The van der Waals surface area contributed by atoms with Gasteiger partial charge in [-0.3, -0.25) is 14.4 Å². The number of carbonyl (C=O) groups is 1. The number of hydrogen-bond acceptors (Lipinski definition) is 6. The summed E-state index contributed by atoms with van der Waals surface area (Å²) in [5.41, 5.74) is 3.20. The highest BCUT2D eigenvalue weighted by Gasteiger charge is 2.18. The molecular formula is C28H35N5O4. The molecule has 0 aliphatic carbocycles. The molecule has 9 nitrogen and oxygen atoms in total. The van der Waals surface area contributed by atoms with E-state index in [0.29, 0.717) is 39.8 Å². The Morgan fingerprint density at radius 2 is 1.70 bits per heavy atom. The zero-order valence-corrected chi connectivity index (χ0v) is 22.5. The van der Waals surface area contributed by atoms with Gasteiger partial charge in [0, 0.05) is 56.0 Å². The van der Waals surface area contributed by atoms with Gasteiger partial charge in [0.15, 0.2) is 12.0 Å². The molecule has 196 valence electrons. The third kappa shape index (κ3) is 6.25. The lowest BCUT2D eigenvalue weighted by Crippen LogP contribution is -2.23. The van der Waals surface area contributed by atoms with Crippen molar-refractivity contribution >= 4 is 17.2 Å². The molecule has 0 saturated heterocycles. The van der Waals surface area contributed by atoms with Crippen LogP contribution >= 0.6 is 0 Å². The van der Waals surface area contributed by atoms with E-state index < -0.39 is 0 Å². The van der Waals surface area contributed by atoms with Crippen LogP contribution in [0.3, 0.4) is 0 Å². The van der Waals surface area contributed by atoms with Gasteiger partial charge in [-0.1, -0.05) is 18.2 Å². The van der Waals surface area contributed by atoms with Crippen molar-refractivity contribution in [1.29, 1.82) is 0 Å². The smallest absolute Gasteiger partial charge is 0.274 e. The SMILES string of the molecule is CNCCN(C)C.Cc1cccc(C)c1Oc1cn(C)c(=O)cc1-c1cn(C)c(=O)c2[nH]c(C=O)cc12. The number of aldehydes is 1. The lowest BCUT2D eigenvalue weighted by Gasteiger charge is -2.17. The minimum Gasteiger partial charge on any atom is -0.455 e. The Morgan fingerprint density at radius 1 is 1.03 bits per heavy atom. The van der Waals surface area contributed by atoms with E-state index in [2.05, 4.69) is 29.3 Å². The van der Waals surface area contributed by atoms with Crippen LogP contribution in [0, 0.1) is 13.8 Å². The number of fused-ring (bicyclic) bond motifs is 1. The second-order valence-electron chi connectivity index (χ2n) is 9.32. The zero-order chi connectivity index (χ0) is 27.3. The molecule has 0 unspecified atom stereocenters. The number of ether oxygens (including phenoxy) is 1. The maximum Gasteiger partial charge on any atom is 0.274 e. The molecule has 4 aromatic rings. The van der Waals surface area contributed by atoms with Crippen LogP contribution in [0.2, 0.25) is 0 Å². The summed E-state index contributed by atoms with van der Waals surface area (Å²) in [6.07, 6.45) is 3.94. The number of rotatable bonds is 7. The van der Waals surface area contributed by atoms with E-state index in [1.54, 1.807) is 32.6 Å². The molecule has 3 heterocycles. The Balaban J connectivity index is 0.000000479. The molecule has 1 aromatic carbocycles. The quantitative estimate of drug-likeness (QED) is 0.374. The number of aromatic amines is 1. The van der Waals surface area contributed by atoms with Crippen molar-refractivity contribution in [3.8, 4) is 22.6 Å². The number of aryl methyl sites for hydroxylation is 4. The van der Waals surface area contributed by atoms with Gasteiger partial charge in [0.25, 0.3) is 11.1 Å². The Kier molecular flexibility index (Phi) is 8.86. The topological polar surface area (TPSA) is 101 Å². The number of nitrogens with one attached hydrogen (secondary N) is 2. The normalized spacial score (nSPS) is 10.9. The molecule has 0 amide bonds. The van der Waals surface area contributed by atoms with Crippen LogP contribution in [0.4, 0.5) is 0 Å². The third-order valence-corrected chi connectivity index (χ3v) is 6.02. The third-order valence-electron chi connectivity index (χ3n) is 6.02. The van der Waals surface area contributed by atoms with Crippen molar-refractivity contribution in [2.24, 2.45) is 14.1 Å². The fourth-order valence-electron chi connectivity index (χ4n) is 3.94. The van der Waals surface area contributed by atoms with Crippen molar-refractivity contribution in [3.05, 3.63) is 80.3 Å². The van der Waals surface area contributed by atoms with E-state index in [4.69, 9.17) is 4.74 Å². The van der Waals surface area contributed by atoms with Crippen molar-refractivity contribution in [2.45, 2.75) is 13.8 Å². The Labute approximate surface area is 216 Å². The van der Waals surface area contributed by atoms with Gasteiger partial charge in [-0.2, -0.15) is 0 Å². The predicted molar refractivity (Wildman–Crippen MR) is 148 cm³/mol. The van der Waals surface area contributed by atoms with E-state index in [1.807, 2.05) is 39.1 Å². The Hall–Kier alpha value is -3.95. The van der Waals surface area contributed by atoms with Crippen LogP contribution < -0.4 is 21.2 Å². The minimum absolute atomic E-state index is 0.216. The summed E-state index contributed by atoms with van der Waals surface area (Å²) in [6, 6.07) is 8.96. The molecule has 4 rings (SSSR count). The number of benzene rings is 1. The highest BCUT2D eigenvalue weighted by Crippen LogP contribution is 2.37. The molecule has 37 heavy (non-hydrogen) atoms. The van der Waals surface area contributed by atoms with Gasteiger partial charge in [-0.15, -0.1) is 0 Å². The molecular weight excluding hydrogens is 470 g/mol. The molecule has 2 N–H and O–H groups in total. The summed E-state index contributed by atoms with van der Waals surface area (Å²) < 4.78 is 9.15. The maximum absolute atomic E-state index is 12.5. The predicted octanol–water partition coefficient (Wildman–Crippen LogP) is 3.22.